The Morgan fingerprint density at radius 3 is 2.50 bits per heavy atom. The average molecular weight is 390 g/mol. The number of pyridine rings is 1. The Labute approximate surface area is 163 Å². The van der Waals surface area contributed by atoms with Crippen molar-refractivity contribution in [2.24, 2.45) is 4.99 Å². The van der Waals surface area contributed by atoms with E-state index in [0.717, 1.165) is 42.3 Å². The van der Waals surface area contributed by atoms with Crippen LogP contribution in [0.25, 0.3) is 0 Å². The fourth-order valence-corrected chi connectivity index (χ4v) is 3.54. The molecule has 1 aliphatic rings. The van der Waals surface area contributed by atoms with Gasteiger partial charge in [-0.05, 0) is 43.5 Å². The topological polar surface area (TPSA) is 49.3 Å². The lowest BCUT2D eigenvalue weighted by Gasteiger charge is -2.43. The van der Waals surface area contributed by atoms with Gasteiger partial charge in [-0.3, -0.25) is 9.98 Å². The molecule has 7 heteroatoms. The molecule has 150 valence electrons. The maximum atomic E-state index is 13.1. The van der Waals surface area contributed by atoms with Crippen molar-refractivity contribution in [1.29, 1.82) is 0 Å². The van der Waals surface area contributed by atoms with Gasteiger partial charge in [0.1, 0.15) is 0 Å². The van der Waals surface area contributed by atoms with E-state index in [-0.39, 0.29) is 5.41 Å². The highest BCUT2D eigenvalue weighted by atomic mass is 19.4. The first-order valence-corrected chi connectivity index (χ1v) is 9.37. The Kier molecular flexibility index (Phi) is 5.91. The molecule has 0 amide bonds. The van der Waals surface area contributed by atoms with Gasteiger partial charge in [0.05, 0.1) is 17.8 Å². The Bertz CT molecular complexity index is 842. The van der Waals surface area contributed by atoms with Crippen LogP contribution in [0.15, 0.2) is 47.5 Å². The number of nitrogens with one attached hydrogen (secondary N) is 2. The van der Waals surface area contributed by atoms with Crippen LogP contribution in [0.5, 0.6) is 0 Å². The van der Waals surface area contributed by atoms with Gasteiger partial charge in [0, 0.05) is 24.7 Å². The standard InChI is InChI=1S/C21H25F3N4/c1-15-6-3-9-18(28-15)13-26-19(25-2)27-14-20(10-5-11-20)16-7-4-8-17(12-16)21(22,23)24/h3-4,6-9,12H,5,10-11,13-14H2,1-2H3,(H2,25,26,27). The van der Waals surface area contributed by atoms with Crippen LogP contribution in [0.3, 0.4) is 0 Å². The van der Waals surface area contributed by atoms with Crippen molar-refractivity contribution in [2.45, 2.75) is 44.3 Å². The number of aryl methyl sites for hydroxylation is 1. The summed E-state index contributed by atoms with van der Waals surface area (Å²) in [6.45, 7) is 3.00. The number of benzene rings is 1. The molecule has 1 aromatic carbocycles. The Morgan fingerprint density at radius 2 is 1.89 bits per heavy atom. The average Bonchev–Trinajstić information content (AvgIpc) is 2.63. The summed E-state index contributed by atoms with van der Waals surface area (Å²) in [4.78, 5) is 8.67. The molecule has 1 aromatic heterocycles. The van der Waals surface area contributed by atoms with Gasteiger partial charge in [-0.25, -0.2) is 0 Å². The summed E-state index contributed by atoms with van der Waals surface area (Å²) in [6.07, 6.45) is -1.60. The summed E-state index contributed by atoms with van der Waals surface area (Å²) >= 11 is 0. The number of hydrogen-bond donors (Lipinski definition) is 2. The van der Waals surface area contributed by atoms with Gasteiger partial charge in [0.15, 0.2) is 5.96 Å². The predicted octanol–water partition coefficient (Wildman–Crippen LogP) is 4.20. The lowest BCUT2D eigenvalue weighted by Crippen LogP contribution is -2.48. The third kappa shape index (κ3) is 4.64. The van der Waals surface area contributed by atoms with Crippen molar-refractivity contribution >= 4 is 5.96 Å². The maximum Gasteiger partial charge on any atom is 0.416 e. The number of aliphatic imine (C=N–C) groups is 1. The first-order valence-electron chi connectivity index (χ1n) is 9.37. The van der Waals surface area contributed by atoms with E-state index in [2.05, 4.69) is 20.6 Å². The molecule has 1 fully saturated rings. The lowest BCUT2D eigenvalue weighted by atomic mass is 9.64. The number of alkyl halides is 3. The van der Waals surface area contributed by atoms with Crippen molar-refractivity contribution in [3.05, 3.63) is 65.0 Å². The zero-order chi connectivity index (χ0) is 20.2. The molecule has 0 spiro atoms. The summed E-state index contributed by atoms with van der Waals surface area (Å²) < 4.78 is 39.3. The van der Waals surface area contributed by atoms with Crippen LogP contribution in [0.1, 0.15) is 41.8 Å². The van der Waals surface area contributed by atoms with Crippen molar-refractivity contribution in [3.8, 4) is 0 Å². The van der Waals surface area contributed by atoms with Gasteiger partial charge in [0.2, 0.25) is 0 Å². The number of halogens is 3. The second kappa shape index (κ2) is 8.20. The number of rotatable bonds is 5. The molecule has 4 nitrogen and oxygen atoms in total. The fourth-order valence-electron chi connectivity index (χ4n) is 3.54. The zero-order valence-electron chi connectivity index (χ0n) is 16.1. The molecule has 2 aromatic rings. The molecule has 28 heavy (non-hydrogen) atoms. The highest BCUT2D eigenvalue weighted by molar-refractivity contribution is 5.79. The van der Waals surface area contributed by atoms with Crippen LogP contribution in [-0.4, -0.2) is 24.5 Å². The number of aromatic nitrogens is 1. The van der Waals surface area contributed by atoms with Crippen LogP contribution < -0.4 is 10.6 Å². The highest BCUT2D eigenvalue weighted by Gasteiger charge is 2.40. The summed E-state index contributed by atoms with van der Waals surface area (Å²) in [5.41, 5.74) is 1.70. The maximum absolute atomic E-state index is 13.1. The van der Waals surface area contributed by atoms with Gasteiger partial charge in [0.25, 0.3) is 0 Å². The molecule has 0 atom stereocenters. The van der Waals surface area contributed by atoms with E-state index >= 15 is 0 Å². The van der Waals surface area contributed by atoms with Crippen molar-refractivity contribution < 1.29 is 13.2 Å². The molecular weight excluding hydrogens is 365 g/mol. The first kappa shape index (κ1) is 20.2. The van der Waals surface area contributed by atoms with E-state index in [9.17, 15) is 13.2 Å². The first-order chi connectivity index (χ1) is 13.3. The molecule has 0 radical (unpaired) electrons. The lowest BCUT2D eigenvalue weighted by molar-refractivity contribution is -0.137. The summed E-state index contributed by atoms with van der Waals surface area (Å²) in [6, 6.07) is 11.5. The zero-order valence-corrected chi connectivity index (χ0v) is 16.1. The van der Waals surface area contributed by atoms with E-state index in [1.54, 1.807) is 13.1 Å². The monoisotopic (exact) mass is 390 g/mol. The molecule has 1 heterocycles. The molecule has 0 aliphatic heterocycles. The smallest absolute Gasteiger partial charge is 0.356 e. The van der Waals surface area contributed by atoms with Gasteiger partial charge < -0.3 is 10.6 Å². The van der Waals surface area contributed by atoms with E-state index in [4.69, 9.17) is 0 Å². The van der Waals surface area contributed by atoms with Crippen LogP contribution in [-0.2, 0) is 18.1 Å². The number of hydrogen-bond acceptors (Lipinski definition) is 2. The minimum atomic E-state index is -4.33. The van der Waals surface area contributed by atoms with Crippen LogP contribution in [0.4, 0.5) is 13.2 Å². The highest BCUT2D eigenvalue weighted by Crippen LogP contribution is 2.44. The Hall–Kier alpha value is -2.57. The fraction of sp³-hybridized carbons (Fsp3) is 0.429. The normalized spacial score (nSPS) is 16.4. The Morgan fingerprint density at radius 1 is 1.14 bits per heavy atom. The minimum absolute atomic E-state index is 0.291. The molecule has 0 saturated heterocycles. The predicted molar refractivity (Wildman–Crippen MR) is 104 cm³/mol. The number of guanidine groups is 1. The molecule has 1 aliphatic carbocycles. The Balaban J connectivity index is 1.65. The second-order valence-corrected chi connectivity index (χ2v) is 7.26. The second-order valence-electron chi connectivity index (χ2n) is 7.26. The van der Waals surface area contributed by atoms with E-state index in [1.165, 1.54) is 12.1 Å². The third-order valence-electron chi connectivity index (χ3n) is 5.31. The summed E-state index contributed by atoms with van der Waals surface area (Å²) in [5.74, 6) is 0.613. The van der Waals surface area contributed by atoms with E-state index < -0.39 is 11.7 Å². The summed E-state index contributed by atoms with van der Waals surface area (Å²) in [5, 5.41) is 6.50. The van der Waals surface area contributed by atoms with Crippen molar-refractivity contribution in [1.82, 2.24) is 15.6 Å². The van der Waals surface area contributed by atoms with Gasteiger partial charge in [-0.1, -0.05) is 30.7 Å². The quantitative estimate of drug-likeness (QED) is 0.594. The van der Waals surface area contributed by atoms with E-state index in [1.807, 2.05) is 25.1 Å². The van der Waals surface area contributed by atoms with Gasteiger partial charge in [-0.15, -0.1) is 0 Å². The van der Waals surface area contributed by atoms with Crippen molar-refractivity contribution in [3.63, 3.8) is 0 Å². The molecule has 3 rings (SSSR count). The van der Waals surface area contributed by atoms with E-state index in [0.29, 0.717) is 19.0 Å². The van der Waals surface area contributed by atoms with Gasteiger partial charge in [-0.2, -0.15) is 13.2 Å². The summed E-state index contributed by atoms with van der Waals surface area (Å²) in [7, 11) is 1.68. The van der Waals surface area contributed by atoms with Crippen LogP contribution >= 0.6 is 0 Å². The third-order valence-corrected chi connectivity index (χ3v) is 5.31. The SMILES string of the molecule is CN=C(NCc1cccc(C)n1)NCC1(c2cccc(C(F)(F)F)c2)CCC1. The largest absolute Gasteiger partial charge is 0.416 e. The van der Waals surface area contributed by atoms with Crippen molar-refractivity contribution in [2.75, 3.05) is 13.6 Å². The van der Waals surface area contributed by atoms with Crippen LogP contribution in [0.2, 0.25) is 0 Å². The molecule has 0 bridgehead atoms. The minimum Gasteiger partial charge on any atom is -0.356 e. The number of nitrogens with zero attached hydrogens (tertiary/aromatic N) is 2. The molecule has 1 saturated carbocycles. The molecular formula is C21H25F3N4. The molecule has 0 unspecified atom stereocenters. The molecule has 2 N–H and O–H groups in total. The van der Waals surface area contributed by atoms with Crippen LogP contribution in [0, 0.1) is 6.92 Å². The van der Waals surface area contributed by atoms with Gasteiger partial charge >= 0.3 is 6.18 Å².